The van der Waals surface area contributed by atoms with Crippen LogP contribution in [0.3, 0.4) is 0 Å². The Morgan fingerprint density at radius 1 is 1.29 bits per heavy atom. The lowest BCUT2D eigenvalue weighted by Crippen LogP contribution is -2.15. The predicted molar refractivity (Wildman–Crippen MR) is 52.6 cm³/mol. The topological polar surface area (TPSA) is 76.3 Å². The standard InChI is InChI=1S/C10H12N2O2/c1-12-8-4-2-7(3-5-8)10(14)9(13)6-11/h2-5,9-10,12-14H,1H3. The first kappa shape index (κ1) is 10.5. The lowest BCUT2D eigenvalue weighted by atomic mass is 10.1. The fraction of sp³-hybridized carbons (Fsp3) is 0.300. The molecule has 3 N–H and O–H groups in total. The van der Waals surface area contributed by atoms with Crippen LogP contribution in [-0.2, 0) is 0 Å². The number of nitrogens with one attached hydrogen (secondary N) is 1. The lowest BCUT2D eigenvalue weighted by molar-refractivity contribution is 0.0528. The Morgan fingerprint density at radius 3 is 2.29 bits per heavy atom. The van der Waals surface area contributed by atoms with E-state index in [2.05, 4.69) is 5.32 Å². The van der Waals surface area contributed by atoms with Gasteiger partial charge < -0.3 is 15.5 Å². The number of benzene rings is 1. The number of rotatable bonds is 3. The molecule has 0 aliphatic carbocycles. The minimum absolute atomic E-state index is 0.526. The molecule has 0 aliphatic heterocycles. The van der Waals surface area contributed by atoms with E-state index in [9.17, 15) is 5.11 Å². The third kappa shape index (κ3) is 2.22. The van der Waals surface area contributed by atoms with Crippen LogP contribution in [0.1, 0.15) is 11.7 Å². The van der Waals surface area contributed by atoms with Gasteiger partial charge in [-0.2, -0.15) is 5.26 Å². The highest BCUT2D eigenvalue weighted by molar-refractivity contribution is 5.44. The summed E-state index contributed by atoms with van der Waals surface area (Å²) < 4.78 is 0. The monoisotopic (exact) mass is 192 g/mol. The maximum Gasteiger partial charge on any atom is 0.170 e. The molecule has 2 atom stereocenters. The predicted octanol–water partition coefficient (Wildman–Crippen LogP) is 0.646. The average Bonchev–Trinajstić information content (AvgIpc) is 2.27. The van der Waals surface area contributed by atoms with Crippen LogP contribution in [0.5, 0.6) is 0 Å². The molecule has 0 aliphatic rings. The number of nitrogens with zero attached hydrogens (tertiary/aromatic N) is 1. The second-order valence-corrected chi connectivity index (χ2v) is 2.89. The van der Waals surface area contributed by atoms with Crippen LogP contribution in [0.25, 0.3) is 0 Å². The van der Waals surface area contributed by atoms with E-state index in [4.69, 9.17) is 10.4 Å². The number of aliphatic hydroxyl groups excluding tert-OH is 2. The van der Waals surface area contributed by atoms with Gasteiger partial charge in [-0.15, -0.1) is 0 Å². The summed E-state index contributed by atoms with van der Waals surface area (Å²) in [5.74, 6) is 0. The van der Waals surface area contributed by atoms with Gasteiger partial charge in [-0.3, -0.25) is 0 Å². The summed E-state index contributed by atoms with van der Waals surface area (Å²) in [5, 5.41) is 29.9. The molecule has 14 heavy (non-hydrogen) atoms. The Balaban J connectivity index is 2.82. The van der Waals surface area contributed by atoms with Crippen LogP contribution in [0, 0.1) is 11.3 Å². The number of hydrogen-bond donors (Lipinski definition) is 3. The van der Waals surface area contributed by atoms with E-state index in [-0.39, 0.29) is 0 Å². The zero-order chi connectivity index (χ0) is 10.6. The maximum atomic E-state index is 9.46. The number of anilines is 1. The summed E-state index contributed by atoms with van der Waals surface area (Å²) in [4.78, 5) is 0. The van der Waals surface area contributed by atoms with Crippen molar-refractivity contribution in [3.05, 3.63) is 29.8 Å². The minimum Gasteiger partial charge on any atom is -0.388 e. The maximum absolute atomic E-state index is 9.46. The van der Waals surface area contributed by atoms with Gasteiger partial charge in [0.2, 0.25) is 0 Å². The Bertz CT molecular complexity index is 329. The summed E-state index contributed by atoms with van der Waals surface area (Å²) in [6.07, 6.45) is -2.53. The highest BCUT2D eigenvalue weighted by Crippen LogP contribution is 2.18. The van der Waals surface area contributed by atoms with Crippen LogP contribution < -0.4 is 5.32 Å². The third-order valence-electron chi connectivity index (χ3n) is 1.97. The second-order valence-electron chi connectivity index (χ2n) is 2.89. The van der Waals surface area contributed by atoms with E-state index < -0.39 is 12.2 Å². The van der Waals surface area contributed by atoms with Crippen molar-refractivity contribution in [2.24, 2.45) is 0 Å². The van der Waals surface area contributed by atoms with Gasteiger partial charge in [0.1, 0.15) is 6.10 Å². The van der Waals surface area contributed by atoms with Crippen molar-refractivity contribution in [2.45, 2.75) is 12.2 Å². The molecule has 0 amide bonds. The molecular weight excluding hydrogens is 180 g/mol. The van der Waals surface area contributed by atoms with Crippen molar-refractivity contribution < 1.29 is 10.2 Å². The molecule has 0 bridgehead atoms. The van der Waals surface area contributed by atoms with Crippen LogP contribution in [-0.4, -0.2) is 23.4 Å². The highest BCUT2D eigenvalue weighted by Gasteiger charge is 2.16. The van der Waals surface area contributed by atoms with Gasteiger partial charge in [-0.05, 0) is 17.7 Å². The third-order valence-corrected chi connectivity index (χ3v) is 1.97. The van der Waals surface area contributed by atoms with Crippen LogP contribution >= 0.6 is 0 Å². The SMILES string of the molecule is CNc1ccc(C(O)C(O)C#N)cc1. The van der Waals surface area contributed by atoms with Gasteiger partial charge in [-0.1, -0.05) is 12.1 Å². The molecule has 0 saturated carbocycles. The van der Waals surface area contributed by atoms with Crippen molar-refractivity contribution in [2.75, 3.05) is 12.4 Å². The molecule has 0 heterocycles. The molecule has 1 aromatic carbocycles. The lowest BCUT2D eigenvalue weighted by Gasteiger charge is -2.12. The molecular formula is C10H12N2O2. The Morgan fingerprint density at radius 2 is 1.86 bits per heavy atom. The van der Waals surface area contributed by atoms with Crippen molar-refractivity contribution in [3.63, 3.8) is 0 Å². The number of aliphatic hydroxyl groups is 2. The van der Waals surface area contributed by atoms with E-state index in [1.54, 1.807) is 37.4 Å². The summed E-state index contributed by atoms with van der Waals surface area (Å²) in [5.41, 5.74) is 1.44. The fourth-order valence-electron chi connectivity index (χ4n) is 1.10. The largest absolute Gasteiger partial charge is 0.388 e. The molecule has 0 radical (unpaired) electrons. The van der Waals surface area contributed by atoms with Crippen molar-refractivity contribution in [3.8, 4) is 6.07 Å². The summed E-state index contributed by atoms with van der Waals surface area (Å²) in [6.45, 7) is 0. The van der Waals surface area contributed by atoms with Gasteiger partial charge in [-0.25, -0.2) is 0 Å². The van der Waals surface area contributed by atoms with E-state index in [0.29, 0.717) is 5.56 Å². The van der Waals surface area contributed by atoms with Crippen LogP contribution in [0.4, 0.5) is 5.69 Å². The first-order valence-electron chi connectivity index (χ1n) is 4.22. The molecule has 4 nitrogen and oxygen atoms in total. The molecule has 0 aromatic heterocycles. The van der Waals surface area contributed by atoms with Crippen molar-refractivity contribution in [1.82, 2.24) is 0 Å². The molecule has 1 aromatic rings. The minimum atomic E-state index is -1.38. The van der Waals surface area contributed by atoms with E-state index in [0.717, 1.165) is 5.69 Å². The van der Waals surface area contributed by atoms with E-state index in [1.165, 1.54) is 0 Å². The van der Waals surface area contributed by atoms with Crippen LogP contribution in [0.2, 0.25) is 0 Å². The van der Waals surface area contributed by atoms with Gasteiger partial charge in [0.25, 0.3) is 0 Å². The second kappa shape index (κ2) is 4.61. The summed E-state index contributed by atoms with van der Waals surface area (Å²) in [6, 6.07) is 8.44. The van der Waals surface area contributed by atoms with Gasteiger partial charge in [0.15, 0.2) is 6.10 Å². The normalized spacial score (nSPS) is 14.1. The molecule has 4 heteroatoms. The molecule has 0 spiro atoms. The number of hydrogen-bond acceptors (Lipinski definition) is 4. The summed E-state index contributed by atoms with van der Waals surface area (Å²) >= 11 is 0. The Hall–Kier alpha value is -1.57. The van der Waals surface area contributed by atoms with Gasteiger partial charge in [0, 0.05) is 12.7 Å². The average molecular weight is 192 g/mol. The highest BCUT2D eigenvalue weighted by atomic mass is 16.3. The molecule has 74 valence electrons. The van der Waals surface area contributed by atoms with Gasteiger partial charge in [0.05, 0.1) is 6.07 Å². The zero-order valence-electron chi connectivity index (χ0n) is 7.81. The zero-order valence-corrected chi connectivity index (χ0v) is 7.81. The first-order chi connectivity index (χ1) is 6.69. The Labute approximate surface area is 82.4 Å². The quantitative estimate of drug-likeness (QED) is 0.614. The fourth-order valence-corrected chi connectivity index (χ4v) is 1.10. The van der Waals surface area contributed by atoms with Crippen molar-refractivity contribution in [1.29, 1.82) is 5.26 Å². The Kier molecular flexibility index (Phi) is 3.46. The smallest absolute Gasteiger partial charge is 0.170 e. The van der Waals surface area contributed by atoms with E-state index >= 15 is 0 Å². The first-order valence-corrected chi connectivity index (χ1v) is 4.22. The molecule has 2 unspecified atom stereocenters. The molecule has 0 saturated heterocycles. The molecule has 0 fully saturated rings. The van der Waals surface area contributed by atoms with Gasteiger partial charge >= 0.3 is 0 Å². The number of nitriles is 1. The van der Waals surface area contributed by atoms with E-state index in [1.807, 2.05) is 0 Å². The summed E-state index contributed by atoms with van der Waals surface area (Å²) in [7, 11) is 1.79. The van der Waals surface area contributed by atoms with Crippen molar-refractivity contribution >= 4 is 5.69 Å². The van der Waals surface area contributed by atoms with Crippen LogP contribution in [0.15, 0.2) is 24.3 Å². The molecule has 1 rings (SSSR count).